The van der Waals surface area contributed by atoms with Crippen LogP contribution in [0.15, 0.2) is 24.3 Å². The Morgan fingerprint density at radius 3 is 2.50 bits per heavy atom. The molecule has 2 amide bonds. The van der Waals surface area contributed by atoms with E-state index >= 15 is 0 Å². The number of nitrogens with zero attached hydrogens (tertiary/aromatic N) is 1. The molecule has 1 N–H and O–H groups in total. The summed E-state index contributed by atoms with van der Waals surface area (Å²) in [4.78, 5) is 12.6. The number of urea groups is 1. The van der Waals surface area contributed by atoms with Crippen LogP contribution < -0.4 is 5.32 Å². The third kappa shape index (κ3) is 6.49. The Morgan fingerprint density at radius 1 is 1.38 bits per heavy atom. The van der Waals surface area contributed by atoms with Gasteiger partial charge in [0.15, 0.2) is 0 Å². The molecule has 2 atom stereocenters. The summed E-state index contributed by atoms with van der Waals surface area (Å²) < 4.78 is 20.0. The number of carbonyl (C=O) groups excluding carboxylic acids is 1. The number of hydrogen-bond acceptors (Lipinski definition) is 4. The number of hydrogen-bond donors (Lipinski definition) is 1. The maximum Gasteiger partial charge on any atom is 0.357 e. The molecule has 0 aliphatic carbocycles. The molecule has 0 fully saturated rings. The molecule has 0 aromatic heterocycles. The van der Waals surface area contributed by atoms with Crippen molar-refractivity contribution in [3.05, 3.63) is 29.3 Å². The first-order valence-electron chi connectivity index (χ1n) is 7.69. The summed E-state index contributed by atoms with van der Waals surface area (Å²) in [7, 11) is 0. The van der Waals surface area contributed by atoms with E-state index in [4.69, 9.17) is 27.7 Å². The van der Waals surface area contributed by atoms with Gasteiger partial charge in [0.2, 0.25) is 0 Å². The molecule has 1 aromatic carbocycles. The van der Waals surface area contributed by atoms with Crippen molar-refractivity contribution in [2.45, 2.75) is 32.4 Å². The van der Waals surface area contributed by atoms with Gasteiger partial charge in [-0.3, -0.25) is 4.57 Å². The van der Waals surface area contributed by atoms with E-state index in [1.807, 2.05) is 13.8 Å². The highest BCUT2D eigenvalue weighted by Crippen LogP contribution is 2.64. The molecule has 24 heavy (non-hydrogen) atoms. The summed E-state index contributed by atoms with van der Waals surface area (Å²) in [5, 5.41) is 3.37. The lowest BCUT2D eigenvalue weighted by atomic mass is 10.3. The zero-order valence-electron chi connectivity index (χ0n) is 14.0. The van der Waals surface area contributed by atoms with Gasteiger partial charge < -0.3 is 9.84 Å². The van der Waals surface area contributed by atoms with Crippen LogP contribution in [0.3, 0.4) is 0 Å². The molecule has 0 heterocycles. The second-order valence-corrected chi connectivity index (χ2v) is 10.5. The van der Waals surface area contributed by atoms with Crippen molar-refractivity contribution >= 4 is 53.0 Å². The SMILES string of the molecule is CCOP(=O)(SC(C)CC)N(CCCl)C(=O)Nc1ccc(Cl)cc1. The van der Waals surface area contributed by atoms with E-state index in [0.29, 0.717) is 10.7 Å². The van der Waals surface area contributed by atoms with Crippen LogP contribution in [0.25, 0.3) is 0 Å². The van der Waals surface area contributed by atoms with E-state index in [0.717, 1.165) is 6.42 Å². The highest BCUT2D eigenvalue weighted by molar-refractivity contribution is 8.56. The van der Waals surface area contributed by atoms with E-state index in [1.54, 1.807) is 31.2 Å². The zero-order valence-corrected chi connectivity index (χ0v) is 17.2. The first-order valence-corrected chi connectivity index (χ1v) is 11.7. The first-order chi connectivity index (χ1) is 11.4. The molecular formula is C15H23Cl2N2O3PS. The number of amides is 2. The zero-order chi connectivity index (χ0) is 18.2. The van der Waals surface area contributed by atoms with E-state index < -0.39 is 12.8 Å². The van der Waals surface area contributed by atoms with Crippen LogP contribution in [0.1, 0.15) is 27.2 Å². The molecule has 9 heteroatoms. The molecule has 0 aliphatic heterocycles. The topological polar surface area (TPSA) is 58.6 Å². The molecule has 0 saturated carbocycles. The fourth-order valence-corrected chi connectivity index (χ4v) is 7.15. The van der Waals surface area contributed by atoms with Gasteiger partial charge in [-0.2, -0.15) is 0 Å². The van der Waals surface area contributed by atoms with Gasteiger partial charge in [-0.15, -0.1) is 11.6 Å². The summed E-state index contributed by atoms with van der Waals surface area (Å²) in [5.74, 6) is 0.159. The third-order valence-electron chi connectivity index (χ3n) is 3.10. The average molecular weight is 413 g/mol. The average Bonchev–Trinajstić information content (AvgIpc) is 2.54. The molecule has 5 nitrogen and oxygen atoms in total. The van der Waals surface area contributed by atoms with Gasteiger partial charge in [0, 0.05) is 28.4 Å². The normalized spacial score (nSPS) is 14.7. The predicted octanol–water partition coefficient (Wildman–Crippen LogP) is 6.09. The van der Waals surface area contributed by atoms with E-state index in [2.05, 4.69) is 5.32 Å². The smallest absolute Gasteiger partial charge is 0.307 e. The van der Waals surface area contributed by atoms with Crippen LogP contribution in [0, 0.1) is 0 Å². The van der Waals surface area contributed by atoms with Gasteiger partial charge in [-0.05, 0) is 49.0 Å². The number of anilines is 1. The maximum atomic E-state index is 13.3. The van der Waals surface area contributed by atoms with Crippen molar-refractivity contribution < 1.29 is 13.9 Å². The Kier molecular flexibility index (Phi) is 9.53. The Bertz CT molecular complexity index is 574. The quantitative estimate of drug-likeness (QED) is 0.393. The van der Waals surface area contributed by atoms with Gasteiger partial charge in [-0.1, -0.05) is 25.4 Å². The van der Waals surface area contributed by atoms with Crippen LogP contribution in [0.2, 0.25) is 5.02 Å². The molecular weight excluding hydrogens is 390 g/mol. The third-order valence-corrected chi connectivity index (χ3v) is 8.83. The van der Waals surface area contributed by atoms with E-state index in [-0.39, 0.29) is 24.3 Å². The number of carbonyl (C=O) groups is 1. The number of benzene rings is 1. The van der Waals surface area contributed by atoms with Gasteiger partial charge in [0.1, 0.15) is 0 Å². The lowest BCUT2D eigenvalue weighted by Gasteiger charge is -2.31. The molecule has 0 radical (unpaired) electrons. The van der Waals surface area contributed by atoms with E-state index in [9.17, 15) is 9.36 Å². The van der Waals surface area contributed by atoms with Crippen LogP contribution in [0.4, 0.5) is 10.5 Å². The molecule has 0 saturated heterocycles. The van der Waals surface area contributed by atoms with Crippen LogP contribution in [-0.4, -0.2) is 35.0 Å². The summed E-state index contributed by atoms with van der Waals surface area (Å²) >= 11 is 12.8. The van der Waals surface area contributed by atoms with E-state index in [1.165, 1.54) is 16.1 Å². The Hall–Kier alpha value is -0.390. The van der Waals surface area contributed by atoms with Crippen LogP contribution >= 0.6 is 41.3 Å². The number of rotatable bonds is 9. The van der Waals surface area contributed by atoms with Crippen molar-refractivity contribution in [2.24, 2.45) is 0 Å². The van der Waals surface area contributed by atoms with Crippen LogP contribution in [0.5, 0.6) is 0 Å². The maximum absolute atomic E-state index is 13.3. The molecule has 0 bridgehead atoms. The minimum atomic E-state index is -3.39. The van der Waals surface area contributed by atoms with Crippen molar-refractivity contribution in [3.8, 4) is 0 Å². The highest BCUT2D eigenvalue weighted by Gasteiger charge is 2.37. The van der Waals surface area contributed by atoms with Crippen molar-refractivity contribution in [1.82, 2.24) is 4.67 Å². The minimum absolute atomic E-state index is 0.0866. The summed E-state index contributed by atoms with van der Waals surface area (Å²) in [6.45, 7) is 2.67. The summed E-state index contributed by atoms with van der Waals surface area (Å²) in [6.07, 6.45) is 0.815. The van der Waals surface area contributed by atoms with Crippen molar-refractivity contribution in [1.29, 1.82) is 0 Å². The highest BCUT2D eigenvalue weighted by atomic mass is 35.5. The Balaban J connectivity index is 3.00. The molecule has 0 spiro atoms. The first kappa shape index (κ1) is 21.7. The largest absolute Gasteiger partial charge is 0.357 e. The number of nitrogens with one attached hydrogen (secondary N) is 1. The van der Waals surface area contributed by atoms with Gasteiger partial charge in [-0.25, -0.2) is 9.46 Å². The van der Waals surface area contributed by atoms with Crippen molar-refractivity contribution in [3.63, 3.8) is 0 Å². The van der Waals surface area contributed by atoms with Gasteiger partial charge >= 0.3 is 12.8 Å². The second kappa shape index (κ2) is 10.6. The monoisotopic (exact) mass is 412 g/mol. The molecule has 1 rings (SSSR count). The fourth-order valence-electron chi connectivity index (χ4n) is 1.76. The molecule has 136 valence electrons. The van der Waals surface area contributed by atoms with Crippen LogP contribution in [-0.2, 0) is 9.09 Å². The van der Waals surface area contributed by atoms with Crippen molar-refractivity contribution in [2.75, 3.05) is 24.3 Å². The molecule has 1 aromatic rings. The standard InChI is InChI=1S/C15H23Cl2N2O3PS/c1-4-12(3)24-23(21,22-5-2)19(11-10-16)15(20)18-14-8-6-13(17)7-9-14/h6-9,12H,4-5,10-11H2,1-3H3,(H,18,20). The number of halogens is 2. The Labute approximate surface area is 157 Å². The van der Waals surface area contributed by atoms with Gasteiger partial charge in [0.25, 0.3) is 0 Å². The fraction of sp³-hybridized carbons (Fsp3) is 0.533. The lowest BCUT2D eigenvalue weighted by molar-refractivity contribution is 0.228. The molecule has 0 aliphatic rings. The molecule has 2 unspecified atom stereocenters. The predicted molar refractivity (Wildman–Crippen MR) is 104 cm³/mol. The lowest BCUT2D eigenvalue weighted by Crippen LogP contribution is -2.34. The number of alkyl halides is 1. The van der Waals surface area contributed by atoms with Gasteiger partial charge in [0.05, 0.1) is 6.61 Å². The summed E-state index contributed by atoms with van der Waals surface area (Å²) in [6, 6.07) is 6.17. The summed E-state index contributed by atoms with van der Waals surface area (Å²) in [5.41, 5.74) is 0.556. The second-order valence-electron chi connectivity index (χ2n) is 4.96. The minimum Gasteiger partial charge on any atom is -0.307 e. The Morgan fingerprint density at radius 2 is 2.00 bits per heavy atom.